The minimum atomic E-state index is -1.50. The second-order valence-corrected chi connectivity index (χ2v) is 5.35. The molecular formula is C15H12BClO4. The monoisotopic (exact) mass is 302 g/mol. The van der Waals surface area contributed by atoms with Crippen LogP contribution in [0.15, 0.2) is 42.5 Å². The summed E-state index contributed by atoms with van der Waals surface area (Å²) in [5.41, 5.74) is 1.71. The van der Waals surface area contributed by atoms with Gasteiger partial charge in [0.15, 0.2) is 5.78 Å². The van der Waals surface area contributed by atoms with Crippen LogP contribution in [0.3, 0.4) is 0 Å². The lowest BCUT2D eigenvalue weighted by molar-refractivity contribution is 0.0850. The van der Waals surface area contributed by atoms with Crippen molar-refractivity contribution in [3.63, 3.8) is 0 Å². The van der Waals surface area contributed by atoms with E-state index in [1.807, 2.05) is 0 Å². The van der Waals surface area contributed by atoms with Gasteiger partial charge in [-0.05, 0) is 29.2 Å². The summed E-state index contributed by atoms with van der Waals surface area (Å²) in [6, 6.07) is 11.6. The molecule has 1 unspecified atom stereocenters. The van der Waals surface area contributed by atoms with Gasteiger partial charge in [-0.3, -0.25) is 4.79 Å². The lowest BCUT2D eigenvalue weighted by atomic mass is 9.79. The number of fused-ring (bicyclic) bond motifs is 1. The Morgan fingerprint density at radius 3 is 2.52 bits per heavy atom. The maximum atomic E-state index is 12.2. The second-order valence-electron chi connectivity index (χ2n) is 4.91. The summed E-state index contributed by atoms with van der Waals surface area (Å²) >= 11 is 5.89. The summed E-state index contributed by atoms with van der Waals surface area (Å²) in [6.07, 6.45) is -0.148. The Hall–Kier alpha value is -1.82. The smallest absolute Gasteiger partial charge is 0.484 e. The Kier molecular flexibility index (Phi) is 3.72. The van der Waals surface area contributed by atoms with Crippen LogP contribution >= 0.6 is 11.6 Å². The molecule has 0 bridgehead atoms. The van der Waals surface area contributed by atoms with Gasteiger partial charge >= 0.3 is 7.12 Å². The van der Waals surface area contributed by atoms with E-state index in [1.165, 1.54) is 0 Å². The molecule has 0 saturated heterocycles. The molecule has 0 aromatic heterocycles. The molecule has 3 rings (SSSR count). The molecule has 6 heteroatoms. The molecule has 0 spiro atoms. The van der Waals surface area contributed by atoms with E-state index in [1.54, 1.807) is 42.5 Å². The molecule has 1 heterocycles. The van der Waals surface area contributed by atoms with Crippen molar-refractivity contribution in [2.75, 3.05) is 0 Å². The lowest BCUT2D eigenvalue weighted by Gasteiger charge is -2.25. The maximum absolute atomic E-state index is 12.2. The number of Topliss-reactive ketones (excluding diaryl/α,β-unsaturated/α-hetero) is 1. The van der Waals surface area contributed by atoms with Crippen molar-refractivity contribution in [3.8, 4) is 5.75 Å². The van der Waals surface area contributed by atoms with Gasteiger partial charge in [0.2, 0.25) is 0 Å². The number of hydrogen-bond donors (Lipinski definition) is 2. The molecule has 0 amide bonds. The van der Waals surface area contributed by atoms with Crippen LogP contribution in [0.2, 0.25) is 5.02 Å². The highest BCUT2D eigenvalue weighted by atomic mass is 35.5. The fourth-order valence-electron chi connectivity index (χ4n) is 2.36. The van der Waals surface area contributed by atoms with Crippen LogP contribution in [-0.4, -0.2) is 22.9 Å². The zero-order valence-electron chi connectivity index (χ0n) is 11.0. The van der Waals surface area contributed by atoms with Crippen molar-refractivity contribution in [2.24, 2.45) is 0 Å². The standard InChI is InChI=1S/C15H12BClO4/c17-11-5-6-14-12(7-11)13(18)8-15(21-14)9-1-3-10(4-2-9)16(19)20/h1-7,15,19-20H,8H2. The highest BCUT2D eigenvalue weighted by Gasteiger charge is 2.28. The Balaban J connectivity index is 1.88. The van der Waals surface area contributed by atoms with Crippen LogP contribution < -0.4 is 10.2 Å². The molecule has 21 heavy (non-hydrogen) atoms. The first-order valence-electron chi connectivity index (χ1n) is 6.50. The molecule has 0 radical (unpaired) electrons. The summed E-state index contributed by atoms with van der Waals surface area (Å²) < 4.78 is 5.84. The summed E-state index contributed by atoms with van der Waals surface area (Å²) in [7, 11) is -1.50. The van der Waals surface area contributed by atoms with E-state index in [-0.39, 0.29) is 18.3 Å². The Labute approximate surface area is 127 Å². The van der Waals surface area contributed by atoms with Gasteiger partial charge in [-0.25, -0.2) is 0 Å². The van der Waals surface area contributed by atoms with Crippen molar-refractivity contribution >= 4 is 30.0 Å². The molecule has 2 aromatic rings. The molecule has 0 saturated carbocycles. The number of ether oxygens (including phenoxy) is 1. The Bertz CT molecular complexity index is 685. The van der Waals surface area contributed by atoms with Gasteiger partial charge in [-0.15, -0.1) is 0 Å². The Morgan fingerprint density at radius 1 is 1.14 bits per heavy atom. The first-order chi connectivity index (χ1) is 10.0. The summed E-state index contributed by atoms with van der Waals surface area (Å²) in [5, 5.41) is 18.7. The van der Waals surface area contributed by atoms with Crippen LogP contribution in [-0.2, 0) is 0 Å². The quantitative estimate of drug-likeness (QED) is 0.829. The van der Waals surface area contributed by atoms with Crippen molar-refractivity contribution in [3.05, 3.63) is 58.6 Å². The van der Waals surface area contributed by atoms with Gasteiger partial charge in [-0.1, -0.05) is 35.9 Å². The summed E-state index contributed by atoms with van der Waals surface area (Å²) in [5.74, 6) is 0.502. The topological polar surface area (TPSA) is 66.8 Å². The average molecular weight is 303 g/mol. The van der Waals surface area contributed by atoms with E-state index in [9.17, 15) is 4.79 Å². The van der Waals surface area contributed by atoms with Gasteiger partial charge in [0.25, 0.3) is 0 Å². The van der Waals surface area contributed by atoms with Gasteiger partial charge in [0, 0.05) is 5.02 Å². The van der Waals surface area contributed by atoms with Gasteiger partial charge < -0.3 is 14.8 Å². The third-order valence-corrected chi connectivity index (χ3v) is 3.72. The molecular weight excluding hydrogens is 290 g/mol. The fraction of sp³-hybridized carbons (Fsp3) is 0.133. The highest BCUT2D eigenvalue weighted by molar-refractivity contribution is 6.58. The van der Waals surface area contributed by atoms with Crippen LogP contribution in [0.25, 0.3) is 0 Å². The summed E-state index contributed by atoms with van der Waals surface area (Å²) in [6.45, 7) is 0. The third kappa shape index (κ3) is 2.81. The first kappa shape index (κ1) is 14.1. The third-order valence-electron chi connectivity index (χ3n) is 3.49. The number of rotatable bonds is 2. The first-order valence-corrected chi connectivity index (χ1v) is 6.88. The number of halogens is 1. The molecule has 0 aliphatic carbocycles. The molecule has 2 aromatic carbocycles. The number of carbonyl (C=O) groups excluding carboxylic acids is 1. The number of ketones is 1. The fourth-order valence-corrected chi connectivity index (χ4v) is 2.54. The number of benzene rings is 2. The van der Waals surface area contributed by atoms with E-state index >= 15 is 0 Å². The number of carbonyl (C=O) groups is 1. The molecule has 0 fully saturated rings. The largest absolute Gasteiger partial charge is 0.488 e. The van der Waals surface area contributed by atoms with E-state index in [0.717, 1.165) is 5.56 Å². The van der Waals surface area contributed by atoms with Crippen molar-refractivity contribution in [1.29, 1.82) is 0 Å². The van der Waals surface area contributed by atoms with Crippen molar-refractivity contribution in [2.45, 2.75) is 12.5 Å². The highest BCUT2D eigenvalue weighted by Crippen LogP contribution is 2.35. The summed E-state index contributed by atoms with van der Waals surface area (Å²) in [4.78, 5) is 12.2. The SMILES string of the molecule is O=C1CC(c2ccc(B(O)O)cc2)Oc2ccc(Cl)cc21. The number of hydrogen-bond acceptors (Lipinski definition) is 4. The molecule has 2 N–H and O–H groups in total. The molecule has 4 nitrogen and oxygen atoms in total. The van der Waals surface area contributed by atoms with Crippen LogP contribution in [0.5, 0.6) is 5.75 Å². The van der Waals surface area contributed by atoms with Gasteiger partial charge in [0.05, 0.1) is 12.0 Å². The van der Waals surface area contributed by atoms with Crippen LogP contribution in [0.1, 0.15) is 28.4 Å². The van der Waals surface area contributed by atoms with E-state index in [2.05, 4.69) is 0 Å². The predicted molar refractivity (Wildman–Crippen MR) is 80.0 cm³/mol. The van der Waals surface area contributed by atoms with Crippen molar-refractivity contribution < 1.29 is 19.6 Å². The minimum Gasteiger partial charge on any atom is -0.484 e. The van der Waals surface area contributed by atoms with Crippen LogP contribution in [0, 0.1) is 0 Å². The second kappa shape index (κ2) is 5.52. The average Bonchev–Trinajstić information content (AvgIpc) is 2.48. The van der Waals surface area contributed by atoms with E-state index in [4.69, 9.17) is 26.4 Å². The molecule has 1 aliphatic rings. The zero-order valence-corrected chi connectivity index (χ0v) is 11.7. The minimum absolute atomic E-state index is 0.0185. The van der Waals surface area contributed by atoms with Gasteiger partial charge in [-0.2, -0.15) is 0 Å². The molecule has 1 atom stereocenters. The van der Waals surface area contributed by atoms with E-state index < -0.39 is 7.12 Å². The molecule has 106 valence electrons. The van der Waals surface area contributed by atoms with E-state index in [0.29, 0.717) is 21.8 Å². The normalized spacial score (nSPS) is 17.1. The lowest BCUT2D eigenvalue weighted by Crippen LogP contribution is -2.30. The Morgan fingerprint density at radius 2 is 1.86 bits per heavy atom. The van der Waals surface area contributed by atoms with Crippen molar-refractivity contribution in [1.82, 2.24) is 0 Å². The zero-order chi connectivity index (χ0) is 15.0. The van der Waals surface area contributed by atoms with Crippen LogP contribution in [0.4, 0.5) is 0 Å². The molecule has 1 aliphatic heterocycles. The predicted octanol–water partition coefficient (Wildman–Crippen LogP) is 1.73. The van der Waals surface area contributed by atoms with Gasteiger partial charge in [0.1, 0.15) is 11.9 Å². The maximum Gasteiger partial charge on any atom is 0.488 e.